The van der Waals surface area contributed by atoms with E-state index in [1.165, 1.54) is 24.3 Å². The SMILES string of the molecule is COC(=O)c1cc(C(=O)N(C(=O)Nc2ccc(Cc3ccc(N(C(=O)Nc4ccccc4)C(=O)c4ccc(C(=O)O)c(C(=O)OC)c4)cc3)cc2)c2ccccc2)ccc1C(=O)O. The number of anilines is 4. The van der Waals surface area contributed by atoms with Gasteiger partial charge in [0.2, 0.25) is 0 Å². The molecule has 0 saturated carbocycles. The van der Waals surface area contributed by atoms with Gasteiger partial charge in [-0.3, -0.25) is 9.59 Å². The number of methoxy groups -OCH3 is 2. The number of amides is 6. The molecule has 0 aromatic heterocycles. The molecule has 0 spiro atoms. The highest BCUT2D eigenvalue weighted by molar-refractivity contribution is 6.25. The third-order valence-electron chi connectivity index (χ3n) is 9.46. The number of benzene rings is 6. The Morgan fingerprint density at radius 1 is 0.460 bits per heavy atom. The van der Waals surface area contributed by atoms with Crippen molar-refractivity contribution >= 4 is 70.5 Å². The maximum atomic E-state index is 14.0. The van der Waals surface area contributed by atoms with E-state index in [9.17, 15) is 48.6 Å². The fourth-order valence-electron chi connectivity index (χ4n) is 6.36. The molecule has 0 radical (unpaired) electrons. The lowest BCUT2D eigenvalue weighted by atomic mass is 10.0. The maximum Gasteiger partial charge on any atom is 0.338 e. The number of esters is 2. The molecule has 6 aromatic carbocycles. The number of aromatic carboxylic acids is 2. The van der Waals surface area contributed by atoms with Crippen molar-refractivity contribution in [2.24, 2.45) is 0 Å². The summed E-state index contributed by atoms with van der Waals surface area (Å²) in [7, 11) is 2.14. The number of urea groups is 2. The van der Waals surface area contributed by atoms with E-state index >= 15 is 0 Å². The lowest BCUT2D eigenvalue weighted by Crippen LogP contribution is -2.40. The molecule has 0 fully saturated rings. The predicted octanol–water partition coefficient (Wildman–Crippen LogP) is 8.00. The Hall–Kier alpha value is -8.92. The van der Waals surface area contributed by atoms with Gasteiger partial charge in [0.05, 0.1) is 47.8 Å². The van der Waals surface area contributed by atoms with Crippen LogP contribution in [0.5, 0.6) is 0 Å². The van der Waals surface area contributed by atoms with Gasteiger partial charge in [-0.25, -0.2) is 38.6 Å². The Labute approximate surface area is 358 Å². The molecular formula is C47H36N4O12. The van der Waals surface area contributed by atoms with Crippen LogP contribution < -0.4 is 20.4 Å². The third-order valence-corrected chi connectivity index (χ3v) is 9.46. The summed E-state index contributed by atoms with van der Waals surface area (Å²) in [5, 5.41) is 24.5. The van der Waals surface area contributed by atoms with E-state index in [4.69, 9.17) is 9.47 Å². The Kier molecular flexibility index (Phi) is 13.5. The number of nitrogens with one attached hydrogen (secondary N) is 2. The number of hydrogen-bond acceptors (Lipinski definition) is 10. The number of rotatable bonds is 12. The molecule has 16 heteroatoms. The Morgan fingerprint density at radius 2 is 0.841 bits per heavy atom. The van der Waals surface area contributed by atoms with Gasteiger partial charge in [0.15, 0.2) is 0 Å². The molecule has 316 valence electrons. The molecular weight excluding hydrogens is 813 g/mol. The summed E-state index contributed by atoms with van der Waals surface area (Å²) in [5.74, 6) is -6.48. The highest BCUT2D eigenvalue weighted by atomic mass is 16.5. The molecule has 6 rings (SSSR count). The number of imide groups is 2. The third kappa shape index (κ3) is 10.1. The van der Waals surface area contributed by atoms with Gasteiger partial charge in [0.25, 0.3) is 11.8 Å². The number of para-hydroxylation sites is 2. The first-order valence-corrected chi connectivity index (χ1v) is 18.8. The van der Waals surface area contributed by atoms with Crippen molar-refractivity contribution in [3.05, 3.63) is 190 Å². The predicted molar refractivity (Wildman–Crippen MR) is 230 cm³/mol. The minimum Gasteiger partial charge on any atom is -0.478 e. The van der Waals surface area contributed by atoms with E-state index in [1.54, 1.807) is 97.1 Å². The summed E-state index contributed by atoms with van der Waals surface area (Å²) in [4.78, 5) is 105. The molecule has 0 aliphatic heterocycles. The van der Waals surface area contributed by atoms with Crippen LogP contribution >= 0.6 is 0 Å². The van der Waals surface area contributed by atoms with E-state index in [-0.39, 0.29) is 44.8 Å². The minimum absolute atomic E-state index is 0.146. The van der Waals surface area contributed by atoms with E-state index in [0.717, 1.165) is 59.4 Å². The van der Waals surface area contributed by atoms with Gasteiger partial charge in [-0.15, -0.1) is 0 Å². The zero-order valence-corrected chi connectivity index (χ0v) is 33.4. The second-order valence-electron chi connectivity index (χ2n) is 13.5. The molecule has 4 N–H and O–H groups in total. The highest BCUT2D eigenvalue weighted by Gasteiger charge is 2.29. The van der Waals surface area contributed by atoms with Crippen molar-refractivity contribution in [2.45, 2.75) is 6.42 Å². The summed E-state index contributed by atoms with van der Waals surface area (Å²) in [6, 6.07) is 34.6. The standard InChI is InChI=1S/C47H36N4O12/c1-62-44(58)38-26-30(17-23-36(38)42(54)55)40(52)50(34-11-7-4-8-12-34)47(61)49-33-19-13-28(14-20-33)25-29-15-21-35(22-16-29)51(46(60)48-32-9-5-3-6-10-32)41(53)31-18-24-37(43(56)57)39(27-31)45(59)63-2/h3-24,26-27H,25H2,1-2H3,(H,48,60)(H,49,61)(H,54,55)(H,56,57). The first-order chi connectivity index (χ1) is 30.3. The fraction of sp³-hybridized carbons (Fsp3) is 0.0638. The van der Waals surface area contributed by atoms with Crippen LogP contribution in [0.4, 0.5) is 32.3 Å². The summed E-state index contributed by atoms with van der Waals surface area (Å²) in [6.45, 7) is 0. The molecule has 63 heavy (non-hydrogen) atoms. The minimum atomic E-state index is -1.41. The molecule has 6 aromatic rings. The van der Waals surface area contributed by atoms with Crippen molar-refractivity contribution in [1.82, 2.24) is 0 Å². The van der Waals surface area contributed by atoms with E-state index in [1.807, 2.05) is 0 Å². The second-order valence-corrected chi connectivity index (χ2v) is 13.5. The smallest absolute Gasteiger partial charge is 0.338 e. The van der Waals surface area contributed by atoms with Crippen molar-refractivity contribution in [3.63, 3.8) is 0 Å². The van der Waals surface area contributed by atoms with E-state index in [2.05, 4.69) is 10.6 Å². The van der Waals surface area contributed by atoms with Gasteiger partial charge in [-0.05, 0) is 102 Å². The fourth-order valence-corrected chi connectivity index (χ4v) is 6.36. The zero-order valence-electron chi connectivity index (χ0n) is 33.4. The first kappa shape index (κ1) is 43.7. The topological polar surface area (TPSA) is 226 Å². The zero-order chi connectivity index (χ0) is 45.2. The average molecular weight is 849 g/mol. The van der Waals surface area contributed by atoms with Crippen LogP contribution in [-0.4, -0.2) is 72.2 Å². The largest absolute Gasteiger partial charge is 0.478 e. The molecule has 0 atom stereocenters. The summed E-state index contributed by atoms with van der Waals surface area (Å²) < 4.78 is 9.43. The number of carbonyl (C=O) groups is 8. The van der Waals surface area contributed by atoms with Crippen LogP contribution in [0.15, 0.2) is 146 Å². The highest BCUT2D eigenvalue weighted by Crippen LogP contribution is 2.25. The number of carbonyl (C=O) groups excluding carboxylic acids is 6. The van der Waals surface area contributed by atoms with Crippen LogP contribution in [0.1, 0.15) is 73.3 Å². The molecule has 16 nitrogen and oxygen atoms in total. The van der Waals surface area contributed by atoms with Crippen LogP contribution in [0, 0.1) is 0 Å². The second kappa shape index (κ2) is 19.4. The van der Waals surface area contributed by atoms with Crippen molar-refractivity contribution in [1.29, 1.82) is 0 Å². The Morgan fingerprint density at radius 3 is 1.25 bits per heavy atom. The lowest BCUT2D eigenvalue weighted by Gasteiger charge is -2.22. The molecule has 0 aliphatic carbocycles. The number of nitrogens with zero attached hydrogens (tertiary/aromatic N) is 2. The van der Waals surface area contributed by atoms with Crippen LogP contribution in [0.3, 0.4) is 0 Å². The molecule has 0 bridgehead atoms. The van der Waals surface area contributed by atoms with Gasteiger partial charge >= 0.3 is 35.9 Å². The average Bonchev–Trinajstić information content (AvgIpc) is 3.29. The Balaban J connectivity index is 1.21. The first-order valence-electron chi connectivity index (χ1n) is 18.8. The van der Waals surface area contributed by atoms with E-state index in [0.29, 0.717) is 17.8 Å². The monoisotopic (exact) mass is 848 g/mol. The van der Waals surface area contributed by atoms with Gasteiger partial charge in [0, 0.05) is 22.5 Å². The number of hydrogen-bond donors (Lipinski definition) is 4. The van der Waals surface area contributed by atoms with Crippen LogP contribution in [0.2, 0.25) is 0 Å². The van der Waals surface area contributed by atoms with Crippen molar-refractivity contribution in [2.75, 3.05) is 34.7 Å². The number of carboxylic acid groups (broad SMARTS) is 2. The summed E-state index contributed by atoms with van der Waals surface area (Å²) >= 11 is 0. The van der Waals surface area contributed by atoms with E-state index < -0.39 is 47.8 Å². The van der Waals surface area contributed by atoms with Gasteiger partial charge in [-0.2, -0.15) is 0 Å². The molecule has 0 heterocycles. The summed E-state index contributed by atoms with van der Waals surface area (Å²) in [6.07, 6.45) is 0.376. The molecule has 0 saturated heterocycles. The van der Waals surface area contributed by atoms with Gasteiger partial charge in [0.1, 0.15) is 0 Å². The molecule has 0 unspecified atom stereocenters. The van der Waals surface area contributed by atoms with Crippen LogP contribution in [0.25, 0.3) is 0 Å². The quantitative estimate of drug-likeness (QED) is 0.0860. The van der Waals surface area contributed by atoms with Gasteiger partial charge in [-0.1, -0.05) is 60.7 Å². The summed E-state index contributed by atoms with van der Waals surface area (Å²) in [5.41, 5.74) is 0.843. The van der Waals surface area contributed by atoms with Crippen molar-refractivity contribution < 1.29 is 58.0 Å². The lowest BCUT2D eigenvalue weighted by molar-refractivity contribution is 0.0579. The van der Waals surface area contributed by atoms with Gasteiger partial charge < -0.3 is 30.3 Å². The van der Waals surface area contributed by atoms with Crippen LogP contribution in [-0.2, 0) is 15.9 Å². The maximum absolute atomic E-state index is 14.0. The van der Waals surface area contributed by atoms with Crippen molar-refractivity contribution in [3.8, 4) is 0 Å². The molecule has 6 amide bonds. The number of ether oxygens (including phenoxy) is 2. The Bertz CT molecular complexity index is 2740. The molecule has 0 aliphatic rings. The number of carboxylic acids is 2. The normalized spacial score (nSPS) is 10.4.